The minimum absolute atomic E-state index is 0. The van der Waals surface area contributed by atoms with Crippen molar-refractivity contribution < 1.29 is 14.3 Å². The second kappa shape index (κ2) is 10.5. The first-order chi connectivity index (χ1) is 14.2. The summed E-state index contributed by atoms with van der Waals surface area (Å²) >= 11 is 0. The maximum absolute atomic E-state index is 12.9. The number of para-hydroxylation sites is 1. The number of amides is 2. The van der Waals surface area contributed by atoms with E-state index in [0.29, 0.717) is 25.0 Å². The van der Waals surface area contributed by atoms with Crippen molar-refractivity contribution in [1.82, 2.24) is 9.80 Å². The van der Waals surface area contributed by atoms with Gasteiger partial charge < -0.3 is 15.0 Å². The lowest BCUT2D eigenvalue weighted by atomic mass is 10.00. The van der Waals surface area contributed by atoms with Gasteiger partial charge in [-0.1, -0.05) is 18.2 Å². The van der Waals surface area contributed by atoms with E-state index in [2.05, 4.69) is 10.2 Å². The molecule has 2 aliphatic heterocycles. The van der Waals surface area contributed by atoms with Gasteiger partial charge in [-0.25, -0.2) is 0 Å². The van der Waals surface area contributed by atoms with E-state index >= 15 is 0 Å². The molecule has 160 valence electrons. The van der Waals surface area contributed by atoms with Crippen molar-refractivity contribution in [1.29, 1.82) is 0 Å². The second-order valence-corrected chi connectivity index (χ2v) is 7.57. The zero-order valence-electron chi connectivity index (χ0n) is 17.0. The van der Waals surface area contributed by atoms with Crippen molar-refractivity contribution in [3.8, 4) is 5.75 Å². The molecule has 0 bridgehead atoms. The largest absolute Gasteiger partial charge is 0.494 e. The van der Waals surface area contributed by atoms with E-state index in [4.69, 9.17) is 4.74 Å². The predicted molar refractivity (Wildman–Crippen MR) is 120 cm³/mol. The molecule has 0 unspecified atom stereocenters. The van der Waals surface area contributed by atoms with Crippen LogP contribution in [0.3, 0.4) is 0 Å². The molecule has 2 amide bonds. The van der Waals surface area contributed by atoms with Crippen LogP contribution in [0.5, 0.6) is 5.75 Å². The molecule has 1 N–H and O–H groups in total. The monoisotopic (exact) mass is 429 g/mol. The van der Waals surface area contributed by atoms with E-state index < -0.39 is 0 Å². The van der Waals surface area contributed by atoms with Crippen LogP contribution in [-0.2, 0) is 11.2 Å². The van der Waals surface area contributed by atoms with Gasteiger partial charge in [0.05, 0.1) is 6.61 Å². The number of halogens is 1. The van der Waals surface area contributed by atoms with Crippen molar-refractivity contribution in [3.63, 3.8) is 0 Å². The molecule has 4 rings (SSSR count). The van der Waals surface area contributed by atoms with Gasteiger partial charge in [0.1, 0.15) is 5.75 Å². The fraction of sp³-hybridized carbons (Fsp3) is 0.391. The lowest BCUT2D eigenvalue weighted by Crippen LogP contribution is -2.49. The summed E-state index contributed by atoms with van der Waals surface area (Å²) in [6.45, 7) is 4.94. The number of ether oxygens (including phenoxy) is 1. The van der Waals surface area contributed by atoms with Crippen LogP contribution >= 0.6 is 12.4 Å². The van der Waals surface area contributed by atoms with Gasteiger partial charge in [-0.3, -0.25) is 14.5 Å². The number of nitrogens with zero attached hydrogens (tertiary/aromatic N) is 2. The first-order valence-corrected chi connectivity index (χ1v) is 10.3. The number of fused-ring (bicyclic) bond motifs is 1. The molecule has 0 aromatic heterocycles. The molecule has 2 aromatic rings. The molecule has 1 fully saturated rings. The normalized spacial score (nSPS) is 16.3. The van der Waals surface area contributed by atoms with Gasteiger partial charge in [0, 0.05) is 50.4 Å². The van der Waals surface area contributed by atoms with Gasteiger partial charge >= 0.3 is 0 Å². The molecule has 2 aromatic carbocycles. The Labute approximate surface area is 183 Å². The average molecular weight is 430 g/mol. The number of piperazine rings is 1. The first kappa shape index (κ1) is 22.1. The molecule has 1 saturated heterocycles. The van der Waals surface area contributed by atoms with Crippen LogP contribution in [0.4, 0.5) is 5.69 Å². The number of rotatable bonds is 6. The molecule has 2 aliphatic rings. The number of carbonyl (C=O) groups is 2. The highest BCUT2D eigenvalue weighted by Crippen LogP contribution is 2.24. The summed E-state index contributed by atoms with van der Waals surface area (Å²) in [5.41, 5.74) is 2.59. The number of aryl methyl sites for hydroxylation is 1. The minimum Gasteiger partial charge on any atom is -0.494 e. The Morgan fingerprint density at radius 1 is 1.00 bits per heavy atom. The third-order valence-corrected chi connectivity index (χ3v) is 5.54. The highest BCUT2D eigenvalue weighted by Gasteiger charge is 2.23. The zero-order chi connectivity index (χ0) is 20.1. The number of benzene rings is 2. The van der Waals surface area contributed by atoms with Crippen LogP contribution in [0.2, 0.25) is 0 Å². The summed E-state index contributed by atoms with van der Waals surface area (Å²) in [5.74, 6) is 1.03. The summed E-state index contributed by atoms with van der Waals surface area (Å²) in [5, 5.41) is 2.87. The standard InChI is InChI=1S/C23H27N3O3.ClH/c27-22-10-8-18-17-19(7-9-21(18)24-22)23(28)26-14-12-25(13-15-26)11-4-16-29-20-5-2-1-3-6-20;/h1-3,5-7,9,17H,4,8,10-16H2,(H,24,27);1H. The number of anilines is 1. The Hall–Kier alpha value is -2.57. The predicted octanol–water partition coefficient (Wildman–Crippen LogP) is 3.22. The van der Waals surface area contributed by atoms with Crippen LogP contribution in [-0.4, -0.2) is 60.9 Å². The van der Waals surface area contributed by atoms with Gasteiger partial charge in [0.2, 0.25) is 5.91 Å². The van der Waals surface area contributed by atoms with Gasteiger partial charge in [0.25, 0.3) is 5.91 Å². The Morgan fingerprint density at radius 2 is 1.77 bits per heavy atom. The van der Waals surface area contributed by atoms with Crippen LogP contribution in [0.1, 0.15) is 28.8 Å². The third-order valence-electron chi connectivity index (χ3n) is 5.54. The molecule has 30 heavy (non-hydrogen) atoms. The van der Waals surface area contributed by atoms with E-state index in [-0.39, 0.29) is 24.2 Å². The lowest BCUT2D eigenvalue weighted by molar-refractivity contribution is -0.116. The highest BCUT2D eigenvalue weighted by atomic mass is 35.5. The molecular formula is C23H28ClN3O3. The van der Waals surface area contributed by atoms with Crippen molar-refractivity contribution in [2.75, 3.05) is 44.6 Å². The Balaban J connectivity index is 0.00000256. The first-order valence-electron chi connectivity index (χ1n) is 10.3. The average Bonchev–Trinajstić information content (AvgIpc) is 2.77. The van der Waals surface area contributed by atoms with Crippen molar-refractivity contribution in [2.24, 2.45) is 0 Å². The number of carbonyl (C=O) groups excluding carboxylic acids is 2. The molecule has 0 radical (unpaired) electrons. The Kier molecular flexibility index (Phi) is 7.71. The third kappa shape index (κ3) is 5.52. The smallest absolute Gasteiger partial charge is 0.253 e. The van der Waals surface area contributed by atoms with Gasteiger partial charge in [-0.15, -0.1) is 12.4 Å². The number of nitrogens with one attached hydrogen (secondary N) is 1. The van der Waals surface area contributed by atoms with E-state index in [1.807, 2.05) is 53.4 Å². The fourth-order valence-electron chi connectivity index (χ4n) is 3.87. The Bertz CT molecular complexity index is 867. The molecule has 2 heterocycles. The summed E-state index contributed by atoms with van der Waals surface area (Å²) in [6, 6.07) is 15.5. The Morgan fingerprint density at radius 3 is 2.53 bits per heavy atom. The van der Waals surface area contributed by atoms with Crippen LogP contribution in [0, 0.1) is 0 Å². The van der Waals surface area contributed by atoms with Crippen molar-refractivity contribution >= 4 is 29.9 Å². The maximum atomic E-state index is 12.9. The van der Waals surface area contributed by atoms with Gasteiger partial charge in [-0.2, -0.15) is 0 Å². The van der Waals surface area contributed by atoms with Crippen molar-refractivity contribution in [2.45, 2.75) is 19.3 Å². The molecular weight excluding hydrogens is 402 g/mol. The second-order valence-electron chi connectivity index (χ2n) is 7.57. The molecule has 0 atom stereocenters. The van der Waals surface area contributed by atoms with E-state index in [1.165, 1.54) is 0 Å². The maximum Gasteiger partial charge on any atom is 0.253 e. The molecule has 0 spiro atoms. The quantitative estimate of drug-likeness (QED) is 0.716. The molecule has 0 saturated carbocycles. The summed E-state index contributed by atoms with van der Waals surface area (Å²) in [7, 11) is 0. The summed E-state index contributed by atoms with van der Waals surface area (Å²) < 4.78 is 5.75. The number of hydrogen-bond donors (Lipinski definition) is 1. The zero-order valence-corrected chi connectivity index (χ0v) is 17.8. The fourth-order valence-corrected chi connectivity index (χ4v) is 3.87. The molecule has 6 nitrogen and oxygen atoms in total. The van der Waals surface area contributed by atoms with E-state index in [0.717, 1.165) is 56.1 Å². The number of hydrogen-bond acceptors (Lipinski definition) is 4. The van der Waals surface area contributed by atoms with E-state index in [1.54, 1.807) is 0 Å². The van der Waals surface area contributed by atoms with Gasteiger partial charge in [-0.05, 0) is 48.7 Å². The van der Waals surface area contributed by atoms with E-state index in [9.17, 15) is 9.59 Å². The highest BCUT2D eigenvalue weighted by molar-refractivity contribution is 5.98. The topological polar surface area (TPSA) is 61.9 Å². The van der Waals surface area contributed by atoms with Gasteiger partial charge in [0.15, 0.2) is 0 Å². The minimum atomic E-state index is 0. The molecule has 0 aliphatic carbocycles. The van der Waals surface area contributed by atoms with Crippen LogP contribution < -0.4 is 10.1 Å². The summed E-state index contributed by atoms with van der Waals surface area (Å²) in [6.07, 6.45) is 2.15. The van der Waals surface area contributed by atoms with Crippen LogP contribution in [0.25, 0.3) is 0 Å². The van der Waals surface area contributed by atoms with Crippen molar-refractivity contribution in [3.05, 3.63) is 59.7 Å². The lowest BCUT2D eigenvalue weighted by Gasteiger charge is -2.35. The molecule has 7 heteroatoms. The SMILES string of the molecule is Cl.O=C1CCc2cc(C(=O)N3CCN(CCCOc4ccccc4)CC3)ccc2N1. The van der Waals surface area contributed by atoms with Crippen LogP contribution in [0.15, 0.2) is 48.5 Å². The summed E-state index contributed by atoms with van der Waals surface area (Å²) in [4.78, 5) is 28.7.